The molecule has 16 atom stereocenters. The smallest absolute Gasteiger partial charge is 0.366 e. The minimum atomic E-state index is -2.11. The van der Waals surface area contributed by atoms with Gasteiger partial charge in [-0.2, -0.15) is 0 Å². The molecule has 77 heavy (non-hydrogen) atoms. The molecular formula is C50H58O27. The van der Waals surface area contributed by atoms with Crippen LogP contribution in [0.2, 0.25) is 0 Å². The summed E-state index contributed by atoms with van der Waals surface area (Å²) in [4.78, 5) is 130. The zero-order valence-electron chi connectivity index (χ0n) is 43.1. The Balaban J connectivity index is 1.44. The summed E-state index contributed by atoms with van der Waals surface area (Å²) in [5.41, 5.74) is 0.0626. The molecule has 2 aromatic rings. The molecule has 0 bridgehead atoms. The highest BCUT2D eigenvalue weighted by atomic mass is 16.8. The molecule has 4 fully saturated rings. The normalized spacial score (nSPS) is 31.5. The van der Waals surface area contributed by atoms with Gasteiger partial charge in [0.1, 0.15) is 31.0 Å². The van der Waals surface area contributed by atoms with E-state index in [2.05, 4.69) is 0 Å². The molecule has 420 valence electrons. The largest absolute Gasteiger partial charge is 0.465 e. The Morgan fingerprint density at radius 2 is 0.883 bits per heavy atom. The number of methoxy groups -OCH3 is 1. The molecule has 27 heteroatoms. The first-order valence-electron chi connectivity index (χ1n) is 23.8. The first kappa shape index (κ1) is 59.1. The van der Waals surface area contributed by atoms with Gasteiger partial charge in [-0.1, -0.05) is 36.4 Å². The number of esters is 10. The summed E-state index contributed by atoms with van der Waals surface area (Å²) in [6.45, 7) is 6.21. The van der Waals surface area contributed by atoms with Gasteiger partial charge in [0.2, 0.25) is 12.6 Å². The van der Waals surface area contributed by atoms with Gasteiger partial charge in [-0.25, -0.2) is 14.4 Å². The molecule has 4 saturated heterocycles. The molecule has 4 heterocycles. The molecule has 0 radical (unpaired) electrons. The minimum absolute atomic E-state index is 0.0160. The fourth-order valence-corrected chi connectivity index (χ4v) is 8.63. The van der Waals surface area contributed by atoms with Gasteiger partial charge in [-0.15, -0.1) is 0 Å². The maximum atomic E-state index is 14.0. The summed E-state index contributed by atoms with van der Waals surface area (Å²) >= 11 is 0. The average molecular weight is 1090 g/mol. The van der Waals surface area contributed by atoms with Crippen molar-refractivity contribution < 1.29 is 128 Å². The first-order chi connectivity index (χ1) is 36.5. The predicted molar refractivity (Wildman–Crippen MR) is 246 cm³/mol. The third-order valence-corrected chi connectivity index (χ3v) is 11.7. The van der Waals surface area contributed by atoms with Crippen LogP contribution in [0.1, 0.15) is 76.1 Å². The average Bonchev–Trinajstić information content (AvgIpc) is 3.38. The van der Waals surface area contributed by atoms with Crippen LogP contribution in [-0.2, 0) is 119 Å². The Morgan fingerprint density at radius 1 is 0.481 bits per heavy atom. The van der Waals surface area contributed by atoms with Gasteiger partial charge in [0.15, 0.2) is 55.1 Å². The number of ether oxygens (including phenoxy) is 17. The molecule has 6 rings (SSSR count). The van der Waals surface area contributed by atoms with Crippen molar-refractivity contribution in [3.05, 3.63) is 71.8 Å². The van der Waals surface area contributed by atoms with E-state index in [-0.39, 0.29) is 11.1 Å². The zero-order chi connectivity index (χ0) is 56.3. The van der Waals surface area contributed by atoms with Gasteiger partial charge < -0.3 is 80.5 Å². The summed E-state index contributed by atoms with van der Waals surface area (Å²) in [6, 6.07) is 15.2. The van der Waals surface area contributed by atoms with Crippen LogP contribution in [0.15, 0.2) is 60.7 Å². The lowest BCUT2D eigenvalue weighted by molar-refractivity contribution is -0.390. The zero-order valence-corrected chi connectivity index (χ0v) is 43.1. The molecule has 0 spiro atoms. The van der Waals surface area contributed by atoms with Crippen molar-refractivity contribution in [2.75, 3.05) is 26.9 Å². The highest BCUT2D eigenvalue weighted by Gasteiger charge is 2.61. The second-order valence-electron chi connectivity index (χ2n) is 17.6. The van der Waals surface area contributed by atoms with E-state index in [9.17, 15) is 47.9 Å². The number of rotatable bonds is 18. The van der Waals surface area contributed by atoms with E-state index in [1.165, 1.54) is 31.2 Å². The minimum Gasteiger partial charge on any atom is -0.465 e. The summed E-state index contributed by atoms with van der Waals surface area (Å²) in [5.74, 6) is -11.8. The Hall–Kier alpha value is -7.14. The van der Waals surface area contributed by atoms with E-state index in [0.29, 0.717) is 0 Å². The number of hydrogen-bond acceptors (Lipinski definition) is 27. The molecule has 1 unspecified atom stereocenters. The number of benzene rings is 2. The van der Waals surface area contributed by atoms with Crippen LogP contribution < -0.4 is 0 Å². The summed E-state index contributed by atoms with van der Waals surface area (Å²) in [6.07, 6.45) is -26.3. The van der Waals surface area contributed by atoms with Crippen molar-refractivity contribution in [1.82, 2.24) is 0 Å². The van der Waals surface area contributed by atoms with Gasteiger partial charge in [0, 0.05) is 55.4 Å². The molecule has 0 aromatic heterocycles. The van der Waals surface area contributed by atoms with E-state index in [4.69, 9.17) is 80.5 Å². The van der Waals surface area contributed by atoms with Gasteiger partial charge >= 0.3 is 59.7 Å². The van der Waals surface area contributed by atoms with Crippen LogP contribution in [0.5, 0.6) is 0 Å². The molecular weight excluding hydrogens is 1030 g/mol. The van der Waals surface area contributed by atoms with E-state index in [0.717, 1.165) is 55.6 Å². The van der Waals surface area contributed by atoms with E-state index < -0.39 is 177 Å². The summed E-state index contributed by atoms with van der Waals surface area (Å²) in [7, 11) is 1.08. The van der Waals surface area contributed by atoms with Crippen molar-refractivity contribution in [2.24, 2.45) is 0 Å². The molecule has 0 aliphatic carbocycles. The monoisotopic (exact) mass is 1090 g/mol. The Kier molecular flexibility index (Phi) is 20.2. The summed E-state index contributed by atoms with van der Waals surface area (Å²) in [5, 5.41) is 0. The molecule has 2 aromatic carbocycles. The Labute approximate surface area is 439 Å². The van der Waals surface area contributed by atoms with Crippen LogP contribution in [-0.4, -0.2) is 185 Å². The van der Waals surface area contributed by atoms with Gasteiger partial charge in [0.25, 0.3) is 5.79 Å². The third-order valence-electron chi connectivity index (χ3n) is 11.7. The molecule has 4 aliphatic rings. The van der Waals surface area contributed by atoms with Gasteiger partial charge in [-0.3, -0.25) is 33.6 Å². The maximum absolute atomic E-state index is 14.0. The van der Waals surface area contributed by atoms with Crippen LogP contribution in [0.4, 0.5) is 0 Å². The van der Waals surface area contributed by atoms with Crippen LogP contribution in [0, 0.1) is 0 Å². The number of hydrogen-bond donors (Lipinski definition) is 0. The van der Waals surface area contributed by atoms with Crippen LogP contribution in [0.25, 0.3) is 0 Å². The standard InChI is InChI=1S/C50H58O27/c1-23(51)62-20-32-35(65-24(2)52)38(67-26(4)54)42(69-28(6)56)47(72-32)76-48-43(70-29(7)57)39(68-27(5)55)36(66-25(3)53)33(73-48)21-63-46-41(75-45(59)31-18-14-11-15-19-31)40(74-44(58)30-16-12-10-13-17-30)37-34(71-46)22-64-50(8,77-37)49(60)61-9/h10-19,32-43,46-48H,20-22H2,1-9H3/t32-,33-,34-,35-,36-,37-,38+,39+,40+,41-,42-,43-,46-,47-,48-,50?/m1/s1. The van der Waals surface area contributed by atoms with E-state index >= 15 is 0 Å². The summed E-state index contributed by atoms with van der Waals surface area (Å²) < 4.78 is 99.2. The van der Waals surface area contributed by atoms with Crippen molar-refractivity contribution in [2.45, 2.75) is 153 Å². The molecule has 4 aliphatic heterocycles. The lowest BCUT2D eigenvalue weighted by Crippen LogP contribution is -2.68. The van der Waals surface area contributed by atoms with Gasteiger partial charge in [-0.05, 0) is 24.3 Å². The predicted octanol–water partition coefficient (Wildman–Crippen LogP) is 1.10. The Morgan fingerprint density at radius 3 is 1.31 bits per heavy atom. The lowest BCUT2D eigenvalue weighted by atomic mass is 9.96. The van der Waals surface area contributed by atoms with Crippen LogP contribution in [0.3, 0.4) is 0 Å². The van der Waals surface area contributed by atoms with Gasteiger partial charge in [0.05, 0.1) is 31.5 Å². The first-order valence-corrected chi connectivity index (χ1v) is 23.8. The highest BCUT2D eigenvalue weighted by Crippen LogP contribution is 2.39. The van der Waals surface area contributed by atoms with E-state index in [1.54, 1.807) is 36.4 Å². The topological polar surface area (TPSA) is 328 Å². The van der Waals surface area contributed by atoms with Crippen molar-refractivity contribution in [3.8, 4) is 0 Å². The number of carbonyl (C=O) groups excluding carboxylic acids is 10. The SMILES string of the molecule is COC(=O)C1(C)OC[C@H]2O[C@@H](OC[C@H]3O[C@H](O[C@H]4O[C@H](COC(C)=O)[C@@H](OC(C)=O)[C@H](OC(C)=O)[C@H]4OC(C)=O)[C@H](OC(C)=O)[C@@H](OC(C)=O)[C@@H]3OC(C)=O)[C@H](OC(=O)c3ccccc3)[C@@H](OC(=O)c3ccccc3)[C@@H]2O1. The second-order valence-corrected chi connectivity index (χ2v) is 17.6. The van der Waals surface area contributed by atoms with Crippen molar-refractivity contribution in [3.63, 3.8) is 0 Å². The molecule has 0 amide bonds. The maximum Gasteiger partial charge on any atom is 0.366 e. The second kappa shape index (κ2) is 26.3. The molecule has 27 nitrogen and oxygen atoms in total. The van der Waals surface area contributed by atoms with Crippen molar-refractivity contribution >= 4 is 59.7 Å². The van der Waals surface area contributed by atoms with E-state index in [1.807, 2.05) is 0 Å². The number of carbonyl (C=O) groups is 10. The highest BCUT2D eigenvalue weighted by molar-refractivity contribution is 5.90. The lowest BCUT2D eigenvalue weighted by Gasteiger charge is -2.50. The fourth-order valence-electron chi connectivity index (χ4n) is 8.63. The van der Waals surface area contributed by atoms with Crippen LogP contribution >= 0.6 is 0 Å². The fraction of sp³-hybridized carbons (Fsp3) is 0.560. The Bertz CT molecular complexity index is 2470. The third kappa shape index (κ3) is 15.3. The molecule has 0 saturated carbocycles. The quantitative estimate of drug-likeness (QED) is 0.149. The van der Waals surface area contributed by atoms with Crippen molar-refractivity contribution in [1.29, 1.82) is 0 Å². The molecule has 0 N–H and O–H groups in total. The number of fused-ring (bicyclic) bond motifs is 1.